The molecule has 0 atom stereocenters. The minimum atomic E-state index is -0.460. The summed E-state index contributed by atoms with van der Waals surface area (Å²) in [5.41, 5.74) is 0.736. The number of ether oxygens (including phenoxy) is 1. The van der Waals surface area contributed by atoms with Gasteiger partial charge in [0.25, 0.3) is 0 Å². The van der Waals surface area contributed by atoms with E-state index in [0.29, 0.717) is 5.82 Å². The van der Waals surface area contributed by atoms with Crippen molar-refractivity contribution in [1.82, 2.24) is 10.2 Å². The van der Waals surface area contributed by atoms with Gasteiger partial charge in [0.1, 0.15) is 5.75 Å². The number of nitrogens with one attached hydrogen (secondary N) is 1. The van der Waals surface area contributed by atoms with Crippen LogP contribution in [0.2, 0.25) is 0 Å². The van der Waals surface area contributed by atoms with Crippen molar-refractivity contribution < 1.29 is 9.53 Å². The maximum Gasteiger partial charge on any atom is 0.230 e. The SMILES string of the molecule is COc1ccc(N2CCN(c3ccc(NC(=O)C(C)(C)C)nn3)CC2)cc1. The third-order valence-corrected chi connectivity index (χ3v) is 4.61. The van der Waals surface area contributed by atoms with Crippen LogP contribution in [0.3, 0.4) is 0 Å². The minimum Gasteiger partial charge on any atom is -0.497 e. The molecule has 1 aliphatic heterocycles. The molecule has 7 heteroatoms. The van der Waals surface area contributed by atoms with Gasteiger partial charge in [-0.05, 0) is 36.4 Å². The zero-order chi connectivity index (χ0) is 19.4. The highest BCUT2D eigenvalue weighted by atomic mass is 16.5. The molecule has 0 bridgehead atoms. The van der Waals surface area contributed by atoms with E-state index in [2.05, 4.69) is 37.4 Å². The molecule has 0 radical (unpaired) electrons. The molecule has 0 saturated carbocycles. The molecular weight excluding hydrogens is 342 g/mol. The zero-order valence-corrected chi connectivity index (χ0v) is 16.4. The number of benzene rings is 1. The Balaban J connectivity index is 1.56. The Hall–Kier alpha value is -2.83. The highest BCUT2D eigenvalue weighted by Crippen LogP contribution is 2.22. The van der Waals surface area contributed by atoms with Gasteiger partial charge in [0, 0.05) is 37.3 Å². The molecule has 0 unspecified atom stereocenters. The number of carbonyl (C=O) groups is 1. The summed E-state index contributed by atoms with van der Waals surface area (Å²) in [6.45, 7) is 9.17. The third kappa shape index (κ3) is 4.67. The summed E-state index contributed by atoms with van der Waals surface area (Å²) in [5.74, 6) is 2.11. The lowest BCUT2D eigenvalue weighted by Crippen LogP contribution is -2.46. The number of nitrogens with zero attached hydrogens (tertiary/aromatic N) is 4. The van der Waals surface area contributed by atoms with E-state index in [1.54, 1.807) is 7.11 Å². The fraction of sp³-hybridized carbons (Fsp3) is 0.450. The molecular formula is C20H27N5O2. The zero-order valence-electron chi connectivity index (χ0n) is 16.4. The second kappa shape index (κ2) is 7.82. The van der Waals surface area contributed by atoms with E-state index in [9.17, 15) is 4.79 Å². The average molecular weight is 369 g/mol. The van der Waals surface area contributed by atoms with E-state index >= 15 is 0 Å². The van der Waals surface area contributed by atoms with Gasteiger partial charge < -0.3 is 19.9 Å². The van der Waals surface area contributed by atoms with Crippen LogP contribution in [-0.2, 0) is 4.79 Å². The molecule has 1 amide bonds. The van der Waals surface area contributed by atoms with Crippen molar-refractivity contribution in [3.05, 3.63) is 36.4 Å². The van der Waals surface area contributed by atoms with Gasteiger partial charge >= 0.3 is 0 Å². The molecule has 3 rings (SSSR count). The number of piperazine rings is 1. The van der Waals surface area contributed by atoms with Crippen LogP contribution in [0.25, 0.3) is 0 Å². The van der Waals surface area contributed by atoms with Crippen molar-refractivity contribution in [1.29, 1.82) is 0 Å². The van der Waals surface area contributed by atoms with Crippen molar-refractivity contribution in [2.45, 2.75) is 20.8 Å². The van der Waals surface area contributed by atoms with Crippen LogP contribution in [0, 0.1) is 5.41 Å². The van der Waals surface area contributed by atoms with E-state index in [1.165, 1.54) is 5.69 Å². The van der Waals surface area contributed by atoms with Gasteiger partial charge in [-0.1, -0.05) is 20.8 Å². The van der Waals surface area contributed by atoms with Crippen LogP contribution in [0.1, 0.15) is 20.8 Å². The molecule has 1 aromatic heterocycles. The van der Waals surface area contributed by atoms with Gasteiger partial charge in [-0.2, -0.15) is 0 Å². The summed E-state index contributed by atoms with van der Waals surface area (Å²) in [5, 5.41) is 11.2. The number of hydrogen-bond acceptors (Lipinski definition) is 6. The molecule has 2 aromatic rings. The molecule has 1 fully saturated rings. The molecule has 1 aliphatic rings. The van der Waals surface area contributed by atoms with Crippen molar-refractivity contribution in [3.63, 3.8) is 0 Å². The van der Waals surface area contributed by atoms with Crippen LogP contribution in [0.5, 0.6) is 5.75 Å². The lowest BCUT2D eigenvalue weighted by atomic mass is 9.96. The molecule has 1 N–H and O–H groups in total. The van der Waals surface area contributed by atoms with Crippen molar-refractivity contribution in [2.24, 2.45) is 5.41 Å². The molecule has 1 saturated heterocycles. The van der Waals surface area contributed by atoms with Crippen molar-refractivity contribution in [3.8, 4) is 5.75 Å². The Morgan fingerprint density at radius 3 is 2.11 bits per heavy atom. The Labute approximate surface area is 160 Å². The summed E-state index contributed by atoms with van der Waals surface area (Å²) in [4.78, 5) is 16.6. The molecule has 0 spiro atoms. The topological polar surface area (TPSA) is 70.6 Å². The first kappa shape index (κ1) is 18.9. The number of methoxy groups -OCH3 is 1. The number of aromatic nitrogens is 2. The molecule has 144 valence electrons. The summed E-state index contributed by atoms with van der Waals surface area (Å²) < 4.78 is 5.22. The van der Waals surface area contributed by atoms with Crippen LogP contribution in [0.4, 0.5) is 17.3 Å². The third-order valence-electron chi connectivity index (χ3n) is 4.61. The minimum absolute atomic E-state index is 0.0716. The number of anilines is 3. The quantitative estimate of drug-likeness (QED) is 0.894. The maximum atomic E-state index is 12.0. The Kier molecular flexibility index (Phi) is 5.48. The van der Waals surface area contributed by atoms with Gasteiger partial charge in [0.05, 0.1) is 7.11 Å². The van der Waals surface area contributed by atoms with Crippen molar-refractivity contribution in [2.75, 3.05) is 48.4 Å². The van der Waals surface area contributed by atoms with E-state index in [-0.39, 0.29) is 5.91 Å². The monoisotopic (exact) mass is 369 g/mol. The van der Waals surface area contributed by atoms with E-state index in [1.807, 2.05) is 45.0 Å². The first-order valence-electron chi connectivity index (χ1n) is 9.16. The predicted molar refractivity (Wildman–Crippen MR) is 108 cm³/mol. The Morgan fingerprint density at radius 2 is 1.59 bits per heavy atom. The second-order valence-corrected chi connectivity index (χ2v) is 7.65. The van der Waals surface area contributed by atoms with Crippen LogP contribution in [0.15, 0.2) is 36.4 Å². The summed E-state index contributed by atoms with van der Waals surface area (Å²) in [6.07, 6.45) is 0. The largest absolute Gasteiger partial charge is 0.497 e. The second-order valence-electron chi connectivity index (χ2n) is 7.65. The van der Waals surface area contributed by atoms with Gasteiger partial charge in [-0.3, -0.25) is 4.79 Å². The summed E-state index contributed by atoms with van der Waals surface area (Å²) >= 11 is 0. The number of rotatable bonds is 4. The van der Waals surface area contributed by atoms with Crippen LogP contribution < -0.4 is 19.9 Å². The molecule has 2 heterocycles. The van der Waals surface area contributed by atoms with E-state index in [4.69, 9.17) is 4.74 Å². The summed E-state index contributed by atoms with van der Waals surface area (Å²) in [6, 6.07) is 11.9. The first-order valence-corrected chi connectivity index (χ1v) is 9.16. The molecule has 27 heavy (non-hydrogen) atoms. The molecule has 7 nitrogen and oxygen atoms in total. The number of carbonyl (C=O) groups excluding carboxylic acids is 1. The van der Waals surface area contributed by atoms with Crippen molar-refractivity contribution >= 4 is 23.2 Å². The van der Waals surface area contributed by atoms with Crippen LogP contribution >= 0.6 is 0 Å². The van der Waals surface area contributed by atoms with E-state index in [0.717, 1.165) is 37.7 Å². The predicted octanol–water partition coefficient (Wildman–Crippen LogP) is 2.80. The van der Waals surface area contributed by atoms with E-state index < -0.39 is 5.41 Å². The standard InChI is InChI=1S/C20H27N5O2/c1-20(2,3)19(26)21-17-9-10-18(23-22-17)25-13-11-24(12-14-25)15-5-7-16(27-4)8-6-15/h5-10H,11-14H2,1-4H3,(H,21,22,26). The number of hydrogen-bond donors (Lipinski definition) is 1. The lowest BCUT2D eigenvalue weighted by Gasteiger charge is -2.36. The maximum absolute atomic E-state index is 12.0. The Bertz CT molecular complexity index is 760. The van der Waals surface area contributed by atoms with Gasteiger partial charge in [0.15, 0.2) is 11.6 Å². The van der Waals surface area contributed by atoms with Gasteiger partial charge in [-0.25, -0.2) is 0 Å². The highest BCUT2D eigenvalue weighted by Gasteiger charge is 2.22. The molecule has 1 aromatic carbocycles. The van der Waals surface area contributed by atoms with Gasteiger partial charge in [-0.15, -0.1) is 10.2 Å². The Morgan fingerprint density at radius 1 is 0.963 bits per heavy atom. The highest BCUT2D eigenvalue weighted by molar-refractivity contribution is 5.93. The smallest absolute Gasteiger partial charge is 0.230 e. The summed E-state index contributed by atoms with van der Waals surface area (Å²) in [7, 11) is 1.68. The number of amides is 1. The first-order chi connectivity index (χ1) is 12.9. The fourth-order valence-electron chi connectivity index (χ4n) is 2.85. The average Bonchev–Trinajstić information content (AvgIpc) is 2.68. The fourth-order valence-corrected chi connectivity index (χ4v) is 2.85. The van der Waals surface area contributed by atoms with Gasteiger partial charge in [0.2, 0.25) is 5.91 Å². The normalized spacial score (nSPS) is 14.8. The lowest BCUT2D eigenvalue weighted by molar-refractivity contribution is -0.123. The molecule has 0 aliphatic carbocycles. The van der Waals surface area contributed by atoms with Crippen LogP contribution in [-0.4, -0.2) is 49.4 Å².